The normalized spacial score (nSPS) is 12.9. The quantitative estimate of drug-likeness (QED) is 0.780. The maximum Gasteiger partial charge on any atom is 0.114 e. The summed E-state index contributed by atoms with van der Waals surface area (Å²) >= 11 is 1.77. The Morgan fingerprint density at radius 2 is 2.10 bits per heavy atom. The molecule has 104 valence electrons. The molecule has 0 saturated carbocycles. The van der Waals surface area contributed by atoms with Crippen molar-refractivity contribution >= 4 is 21.6 Å². The van der Waals surface area contributed by atoms with Crippen LogP contribution in [0, 0.1) is 0 Å². The van der Waals surface area contributed by atoms with Crippen molar-refractivity contribution in [2.75, 3.05) is 0 Å². The number of thiazole rings is 1. The topological polar surface area (TPSA) is 43.8 Å². The van der Waals surface area contributed by atoms with Crippen LogP contribution >= 0.6 is 11.3 Å². The van der Waals surface area contributed by atoms with Crippen LogP contribution in [0.1, 0.15) is 24.0 Å². The van der Waals surface area contributed by atoms with E-state index in [4.69, 9.17) is 10.7 Å². The fraction of sp³-hybridized carbons (Fsp3) is 0.312. The van der Waals surface area contributed by atoms with E-state index in [-0.39, 0.29) is 6.04 Å². The Morgan fingerprint density at radius 1 is 1.25 bits per heavy atom. The molecule has 3 nitrogen and oxygen atoms in total. The first-order valence-electron chi connectivity index (χ1n) is 7.00. The molecule has 0 amide bonds. The van der Waals surface area contributed by atoms with Crippen molar-refractivity contribution in [1.82, 2.24) is 9.55 Å². The molecular formula is C16H19N3S. The molecule has 0 fully saturated rings. The molecule has 1 atom stereocenters. The Balaban J connectivity index is 1.82. The third-order valence-electron chi connectivity index (χ3n) is 3.56. The predicted molar refractivity (Wildman–Crippen MR) is 85.1 cm³/mol. The lowest BCUT2D eigenvalue weighted by Crippen LogP contribution is -2.23. The molecule has 1 aromatic carbocycles. The first kappa shape index (κ1) is 13.3. The van der Waals surface area contributed by atoms with E-state index in [1.807, 2.05) is 6.07 Å². The second-order valence-corrected chi connectivity index (χ2v) is 6.19. The molecule has 2 heterocycles. The van der Waals surface area contributed by atoms with Crippen molar-refractivity contribution in [3.05, 3.63) is 53.3 Å². The van der Waals surface area contributed by atoms with Crippen molar-refractivity contribution in [2.45, 2.75) is 32.4 Å². The largest absolute Gasteiger partial charge is 0.345 e. The average molecular weight is 285 g/mol. The van der Waals surface area contributed by atoms with Gasteiger partial charge in [-0.3, -0.25) is 0 Å². The van der Waals surface area contributed by atoms with Gasteiger partial charge in [0.1, 0.15) is 5.01 Å². The van der Waals surface area contributed by atoms with E-state index < -0.39 is 0 Å². The molecule has 2 aromatic heterocycles. The summed E-state index contributed by atoms with van der Waals surface area (Å²) in [6.45, 7) is 2.96. The molecule has 2 N–H and O–H groups in total. The second-order valence-electron chi connectivity index (χ2n) is 5.08. The third-order valence-corrected chi connectivity index (χ3v) is 4.58. The van der Waals surface area contributed by atoms with Gasteiger partial charge in [0.25, 0.3) is 0 Å². The molecular weight excluding hydrogens is 266 g/mol. The van der Waals surface area contributed by atoms with Crippen LogP contribution in [0.2, 0.25) is 0 Å². The molecule has 3 aromatic rings. The van der Waals surface area contributed by atoms with Crippen LogP contribution in [0.15, 0.2) is 42.6 Å². The highest BCUT2D eigenvalue weighted by molar-refractivity contribution is 7.18. The summed E-state index contributed by atoms with van der Waals surface area (Å²) in [6.07, 6.45) is 4.05. The van der Waals surface area contributed by atoms with Gasteiger partial charge >= 0.3 is 0 Å². The molecule has 0 bridgehead atoms. The van der Waals surface area contributed by atoms with Crippen molar-refractivity contribution in [2.24, 2.45) is 5.73 Å². The number of hydrogen-bond acceptors (Lipinski definition) is 3. The first-order chi connectivity index (χ1) is 9.76. The molecule has 20 heavy (non-hydrogen) atoms. The number of para-hydroxylation sites is 1. The van der Waals surface area contributed by atoms with Crippen molar-refractivity contribution in [1.29, 1.82) is 0 Å². The number of rotatable bonds is 5. The number of benzene rings is 1. The molecule has 0 aliphatic rings. The van der Waals surface area contributed by atoms with Gasteiger partial charge in [-0.25, -0.2) is 4.98 Å². The Labute approximate surface area is 123 Å². The minimum Gasteiger partial charge on any atom is -0.345 e. The Kier molecular flexibility index (Phi) is 3.85. The molecule has 0 radical (unpaired) electrons. The van der Waals surface area contributed by atoms with E-state index in [0.717, 1.165) is 29.9 Å². The van der Waals surface area contributed by atoms with Crippen LogP contribution in [-0.2, 0) is 13.0 Å². The second kappa shape index (κ2) is 5.77. The van der Waals surface area contributed by atoms with E-state index in [0.29, 0.717) is 0 Å². The minimum atomic E-state index is 0.235. The minimum absolute atomic E-state index is 0.235. The van der Waals surface area contributed by atoms with E-state index >= 15 is 0 Å². The number of nitrogens with two attached hydrogens (primary N) is 1. The SMILES string of the molecule is CCC(N)Cc1cccn1Cc1nc2ccccc2s1. The molecule has 1 unspecified atom stereocenters. The summed E-state index contributed by atoms with van der Waals surface area (Å²) in [5.41, 5.74) is 8.44. The van der Waals surface area contributed by atoms with E-state index in [1.165, 1.54) is 10.4 Å². The zero-order valence-electron chi connectivity index (χ0n) is 11.6. The first-order valence-corrected chi connectivity index (χ1v) is 7.82. The number of nitrogens with zero attached hydrogens (tertiary/aromatic N) is 2. The maximum absolute atomic E-state index is 6.06. The van der Waals surface area contributed by atoms with Gasteiger partial charge in [0, 0.05) is 24.4 Å². The van der Waals surface area contributed by atoms with Crippen LogP contribution in [-0.4, -0.2) is 15.6 Å². The zero-order valence-corrected chi connectivity index (χ0v) is 12.4. The summed E-state index contributed by atoms with van der Waals surface area (Å²) in [4.78, 5) is 4.69. The van der Waals surface area contributed by atoms with Crippen LogP contribution in [0.25, 0.3) is 10.2 Å². The Bertz CT molecular complexity index is 665. The van der Waals surface area contributed by atoms with E-state index in [2.05, 4.69) is 48.0 Å². The van der Waals surface area contributed by atoms with Crippen LogP contribution < -0.4 is 5.73 Å². The summed E-state index contributed by atoms with van der Waals surface area (Å²) < 4.78 is 3.51. The Hall–Kier alpha value is -1.65. The van der Waals surface area contributed by atoms with Crippen molar-refractivity contribution < 1.29 is 0 Å². The standard InChI is InChI=1S/C16H19N3S/c1-2-12(17)10-13-6-5-9-19(13)11-16-18-14-7-3-4-8-15(14)20-16/h3-9,12H,2,10-11,17H2,1H3. The third kappa shape index (κ3) is 2.76. The van der Waals surface area contributed by atoms with Gasteiger partial charge in [-0.05, 0) is 30.7 Å². The Morgan fingerprint density at radius 3 is 2.90 bits per heavy atom. The lowest BCUT2D eigenvalue weighted by atomic mass is 10.1. The lowest BCUT2D eigenvalue weighted by molar-refractivity contribution is 0.609. The molecule has 3 rings (SSSR count). The van der Waals surface area contributed by atoms with E-state index in [1.54, 1.807) is 11.3 Å². The molecule has 4 heteroatoms. The van der Waals surface area contributed by atoms with Gasteiger partial charge in [-0.15, -0.1) is 11.3 Å². The monoisotopic (exact) mass is 285 g/mol. The van der Waals surface area contributed by atoms with Crippen LogP contribution in [0.4, 0.5) is 0 Å². The van der Waals surface area contributed by atoms with Gasteiger partial charge < -0.3 is 10.3 Å². The summed E-state index contributed by atoms with van der Waals surface area (Å²) in [5.74, 6) is 0. The van der Waals surface area contributed by atoms with Gasteiger partial charge in [0.05, 0.1) is 16.8 Å². The molecule has 0 spiro atoms. The van der Waals surface area contributed by atoms with Gasteiger partial charge in [0.2, 0.25) is 0 Å². The maximum atomic E-state index is 6.06. The fourth-order valence-corrected chi connectivity index (χ4v) is 3.30. The number of hydrogen-bond donors (Lipinski definition) is 1. The van der Waals surface area contributed by atoms with Crippen LogP contribution in [0.3, 0.4) is 0 Å². The number of fused-ring (bicyclic) bond motifs is 1. The zero-order chi connectivity index (χ0) is 13.9. The highest BCUT2D eigenvalue weighted by atomic mass is 32.1. The summed E-state index contributed by atoms with van der Waals surface area (Å²) in [7, 11) is 0. The smallest absolute Gasteiger partial charge is 0.114 e. The van der Waals surface area contributed by atoms with Crippen LogP contribution in [0.5, 0.6) is 0 Å². The fourth-order valence-electron chi connectivity index (χ4n) is 2.34. The van der Waals surface area contributed by atoms with Crippen molar-refractivity contribution in [3.8, 4) is 0 Å². The van der Waals surface area contributed by atoms with Gasteiger partial charge in [0.15, 0.2) is 0 Å². The molecule has 0 aliphatic carbocycles. The van der Waals surface area contributed by atoms with Crippen molar-refractivity contribution in [3.63, 3.8) is 0 Å². The number of aromatic nitrogens is 2. The summed E-state index contributed by atoms with van der Waals surface area (Å²) in [6, 6.07) is 12.8. The van der Waals surface area contributed by atoms with Gasteiger partial charge in [-0.2, -0.15) is 0 Å². The highest BCUT2D eigenvalue weighted by Gasteiger charge is 2.09. The lowest BCUT2D eigenvalue weighted by Gasteiger charge is -2.11. The van der Waals surface area contributed by atoms with E-state index in [9.17, 15) is 0 Å². The highest BCUT2D eigenvalue weighted by Crippen LogP contribution is 2.22. The average Bonchev–Trinajstić information content (AvgIpc) is 3.05. The summed E-state index contributed by atoms with van der Waals surface area (Å²) in [5, 5.41) is 1.15. The predicted octanol–water partition coefficient (Wildman–Crippen LogP) is 3.43. The molecule has 0 aliphatic heterocycles. The molecule has 0 saturated heterocycles. The van der Waals surface area contributed by atoms with Gasteiger partial charge in [-0.1, -0.05) is 19.1 Å².